The van der Waals surface area contributed by atoms with Gasteiger partial charge in [0.25, 0.3) is 0 Å². The Morgan fingerprint density at radius 3 is 2.40 bits per heavy atom. The maximum Gasteiger partial charge on any atom is 0.194 e. The molecule has 2 rings (SSSR count). The van der Waals surface area contributed by atoms with E-state index >= 15 is 0 Å². The molecule has 0 fully saturated rings. The number of ether oxygens (including phenoxy) is 1. The van der Waals surface area contributed by atoms with Crippen molar-refractivity contribution in [3.8, 4) is 5.75 Å². The molecule has 0 radical (unpaired) electrons. The van der Waals surface area contributed by atoms with Crippen LogP contribution in [0.2, 0.25) is 5.02 Å². The minimum absolute atomic E-state index is 0. The minimum atomic E-state index is -1.49. The fourth-order valence-electron chi connectivity index (χ4n) is 1.99. The van der Waals surface area contributed by atoms with E-state index in [-0.39, 0.29) is 48.5 Å². The number of nitrogens with two attached hydrogens (primary N) is 1. The third-order valence-electron chi connectivity index (χ3n) is 3.15. The van der Waals surface area contributed by atoms with Gasteiger partial charge in [0, 0.05) is 12.2 Å². The molecule has 2 aromatic carbocycles. The summed E-state index contributed by atoms with van der Waals surface area (Å²) in [4.78, 5) is 4.04. The Hall–Kier alpha value is -1.68. The molecule has 0 saturated heterocycles. The highest BCUT2D eigenvalue weighted by atomic mass is 127. The molecule has 0 atom stereocenters. The number of methoxy groups -OCH3 is 1. The molecule has 0 aromatic heterocycles. The Bertz CT molecular complexity index is 751. The molecule has 0 amide bonds. The predicted octanol–water partition coefficient (Wildman–Crippen LogP) is 4.35. The number of anilines is 1. The normalized spacial score (nSPS) is 11.0. The quantitative estimate of drug-likeness (QED) is 0.286. The molecule has 3 N–H and O–H groups in total. The van der Waals surface area contributed by atoms with Crippen LogP contribution in [-0.4, -0.2) is 19.6 Å². The first kappa shape index (κ1) is 21.4. The molecule has 0 spiro atoms. The van der Waals surface area contributed by atoms with Gasteiger partial charge in [0.2, 0.25) is 0 Å². The molecule has 0 aliphatic rings. The van der Waals surface area contributed by atoms with E-state index in [1.54, 1.807) is 18.2 Å². The predicted molar refractivity (Wildman–Crippen MR) is 104 cm³/mol. The summed E-state index contributed by atoms with van der Waals surface area (Å²) in [5.74, 6) is -3.31. The molecule has 0 unspecified atom stereocenters. The zero-order valence-electron chi connectivity index (χ0n) is 13.2. The van der Waals surface area contributed by atoms with Crippen LogP contribution in [0.15, 0.2) is 35.3 Å². The van der Waals surface area contributed by atoms with Crippen molar-refractivity contribution in [2.75, 3.05) is 19.0 Å². The van der Waals surface area contributed by atoms with Gasteiger partial charge in [0.1, 0.15) is 5.75 Å². The molecule has 0 bridgehead atoms. The Morgan fingerprint density at radius 1 is 1.20 bits per heavy atom. The molecule has 0 aliphatic carbocycles. The van der Waals surface area contributed by atoms with Gasteiger partial charge < -0.3 is 15.8 Å². The van der Waals surface area contributed by atoms with Crippen molar-refractivity contribution in [3.05, 3.63) is 58.4 Å². The summed E-state index contributed by atoms with van der Waals surface area (Å²) in [5.41, 5.74) is 6.63. The van der Waals surface area contributed by atoms with Gasteiger partial charge >= 0.3 is 0 Å². The summed E-state index contributed by atoms with van der Waals surface area (Å²) in [5, 5.41) is 3.24. The van der Waals surface area contributed by atoms with Crippen LogP contribution in [0.25, 0.3) is 0 Å². The van der Waals surface area contributed by atoms with E-state index < -0.39 is 17.5 Å². The summed E-state index contributed by atoms with van der Waals surface area (Å²) < 4.78 is 44.1. The van der Waals surface area contributed by atoms with Crippen molar-refractivity contribution in [2.24, 2.45) is 10.7 Å². The standard InChI is InChI=1S/C16H15ClF3N3O.HI/c1-24-14-3-2-10(8-11(14)17)23-16(21)22-5-4-9-6-12(18)15(20)13(19)7-9;/h2-3,6-8H,4-5H2,1H3,(H3,21,22,23);1H. The third-order valence-corrected chi connectivity index (χ3v) is 3.45. The second-order valence-corrected chi connectivity index (χ2v) is 5.27. The largest absolute Gasteiger partial charge is 0.495 e. The first-order valence-electron chi connectivity index (χ1n) is 6.94. The van der Waals surface area contributed by atoms with Crippen molar-refractivity contribution in [1.82, 2.24) is 0 Å². The third kappa shape index (κ3) is 5.96. The lowest BCUT2D eigenvalue weighted by Gasteiger charge is -2.08. The monoisotopic (exact) mass is 485 g/mol. The Balaban J connectivity index is 0.00000312. The highest BCUT2D eigenvalue weighted by Gasteiger charge is 2.10. The van der Waals surface area contributed by atoms with Crippen LogP contribution in [0.1, 0.15) is 5.56 Å². The fourth-order valence-corrected chi connectivity index (χ4v) is 2.25. The number of aliphatic imine (C=N–C) groups is 1. The number of halogens is 5. The van der Waals surface area contributed by atoms with Gasteiger partial charge in [-0.25, -0.2) is 13.2 Å². The molecule has 0 aliphatic heterocycles. The highest BCUT2D eigenvalue weighted by molar-refractivity contribution is 14.0. The van der Waals surface area contributed by atoms with E-state index in [2.05, 4.69) is 10.3 Å². The first-order chi connectivity index (χ1) is 11.4. The number of hydrogen-bond acceptors (Lipinski definition) is 2. The van der Waals surface area contributed by atoms with Gasteiger partial charge in [-0.3, -0.25) is 4.99 Å². The number of rotatable bonds is 5. The molecule has 2 aromatic rings. The smallest absolute Gasteiger partial charge is 0.194 e. The van der Waals surface area contributed by atoms with E-state index in [0.29, 0.717) is 16.5 Å². The Kier molecular flexibility index (Phi) is 8.30. The maximum atomic E-state index is 13.1. The summed E-state index contributed by atoms with van der Waals surface area (Å²) in [6.45, 7) is 0.174. The Morgan fingerprint density at radius 2 is 1.84 bits per heavy atom. The van der Waals surface area contributed by atoms with Crippen molar-refractivity contribution >= 4 is 47.2 Å². The number of hydrogen-bond donors (Lipinski definition) is 2. The SMILES string of the molecule is COc1ccc(NC(N)=NCCc2cc(F)c(F)c(F)c2)cc1Cl.I. The van der Waals surface area contributed by atoms with Gasteiger partial charge in [0.05, 0.1) is 12.1 Å². The molecular weight excluding hydrogens is 470 g/mol. The number of benzene rings is 2. The lowest BCUT2D eigenvalue weighted by molar-refractivity contribution is 0.415. The molecule has 136 valence electrons. The summed E-state index contributed by atoms with van der Waals surface area (Å²) in [7, 11) is 1.51. The summed E-state index contributed by atoms with van der Waals surface area (Å²) in [6, 6.07) is 6.86. The van der Waals surface area contributed by atoms with Crippen LogP contribution in [0, 0.1) is 17.5 Å². The molecular formula is C16H16ClF3IN3O. The van der Waals surface area contributed by atoms with Crippen LogP contribution in [0.5, 0.6) is 5.75 Å². The van der Waals surface area contributed by atoms with E-state index in [0.717, 1.165) is 12.1 Å². The van der Waals surface area contributed by atoms with Gasteiger partial charge in [-0.15, -0.1) is 24.0 Å². The van der Waals surface area contributed by atoms with Crippen molar-refractivity contribution < 1.29 is 17.9 Å². The fraction of sp³-hybridized carbons (Fsp3) is 0.188. The molecule has 25 heavy (non-hydrogen) atoms. The minimum Gasteiger partial charge on any atom is -0.495 e. The first-order valence-corrected chi connectivity index (χ1v) is 7.32. The van der Waals surface area contributed by atoms with Gasteiger partial charge in [0.15, 0.2) is 23.4 Å². The summed E-state index contributed by atoms with van der Waals surface area (Å²) >= 11 is 5.99. The van der Waals surface area contributed by atoms with Crippen LogP contribution in [0.4, 0.5) is 18.9 Å². The zero-order chi connectivity index (χ0) is 17.7. The van der Waals surface area contributed by atoms with E-state index in [4.69, 9.17) is 22.1 Å². The second kappa shape index (κ2) is 9.71. The average Bonchev–Trinajstić information content (AvgIpc) is 2.52. The number of guanidine groups is 1. The lowest BCUT2D eigenvalue weighted by atomic mass is 10.1. The summed E-state index contributed by atoms with van der Waals surface area (Å²) in [6.07, 6.45) is 0.208. The number of nitrogens with one attached hydrogen (secondary N) is 1. The molecule has 0 saturated carbocycles. The zero-order valence-corrected chi connectivity index (χ0v) is 16.2. The molecule has 9 heteroatoms. The van der Waals surface area contributed by atoms with Crippen molar-refractivity contribution in [3.63, 3.8) is 0 Å². The second-order valence-electron chi connectivity index (χ2n) is 4.86. The Labute approximate surface area is 165 Å². The average molecular weight is 486 g/mol. The van der Waals surface area contributed by atoms with Crippen molar-refractivity contribution in [2.45, 2.75) is 6.42 Å². The maximum absolute atomic E-state index is 13.1. The topological polar surface area (TPSA) is 59.6 Å². The van der Waals surface area contributed by atoms with Crippen LogP contribution in [-0.2, 0) is 6.42 Å². The van der Waals surface area contributed by atoms with Crippen LogP contribution < -0.4 is 15.8 Å². The molecule has 4 nitrogen and oxygen atoms in total. The van der Waals surface area contributed by atoms with Crippen LogP contribution >= 0.6 is 35.6 Å². The van der Waals surface area contributed by atoms with Gasteiger partial charge in [-0.1, -0.05) is 11.6 Å². The van der Waals surface area contributed by atoms with E-state index in [9.17, 15) is 13.2 Å². The van der Waals surface area contributed by atoms with E-state index in [1.165, 1.54) is 7.11 Å². The highest BCUT2D eigenvalue weighted by Crippen LogP contribution is 2.27. The number of nitrogens with zero attached hydrogens (tertiary/aromatic N) is 1. The van der Waals surface area contributed by atoms with Gasteiger partial charge in [-0.05, 0) is 42.3 Å². The van der Waals surface area contributed by atoms with Gasteiger partial charge in [-0.2, -0.15) is 0 Å². The lowest BCUT2D eigenvalue weighted by Crippen LogP contribution is -2.23. The van der Waals surface area contributed by atoms with Crippen LogP contribution in [0.3, 0.4) is 0 Å². The van der Waals surface area contributed by atoms with E-state index in [1.807, 2.05) is 0 Å². The molecule has 0 heterocycles. The van der Waals surface area contributed by atoms with Crippen molar-refractivity contribution in [1.29, 1.82) is 0 Å².